The summed E-state index contributed by atoms with van der Waals surface area (Å²) in [6.45, 7) is 11.9. The molecule has 0 saturated carbocycles. The van der Waals surface area contributed by atoms with Crippen LogP contribution in [0.5, 0.6) is 0 Å². The molecule has 362 valence electrons. The second-order valence-corrected chi connectivity index (χ2v) is 18.6. The molecule has 9 rings (SSSR count). The minimum absolute atomic E-state index is 0.0241. The lowest BCUT2D eigenvalue weighted by Gasteiger charge is -2.40. The van der Waals surface area contributed by atoms with E-state index in [0.29, 0.717) is 112 Å². The van der Waals surface area contributed by atoms with Gasteiger partial charge in [-0.2, -0.15) is 5.10 Å². The highest BCUT2D eigenvalue weighted by molar-refractivity contribution is 6.03. The van der Waals surface area contributed by atoms with E-state index in [9.17, 15) is 24.0 Å². The first-order valence-electron chi connectivity index (χ1n) is 24.3. The summed E-state index contributed by atoms with van der Waals surface area (Å²) in [5, 5.41) is 11.0. The van der Waals surface area contributed by atoms with Gasteiger partial charge in [0, 0.05) is 109 Å². The van der Waals surface area contributed by atoms with Crippen molar-refractivity contribution in [3.63, 3.8) is 0 Å². The van der Waals surface area contributed by atoms with Crippen LogP contribution in [0.15, 0.2) is 83.8 Å². The van der Waals surface area contributed by atoms with Crippen molar-refractivity contribution in [2.24, 2.45) is 5.92 Å². The zero-order valence-electron chi connectivity index (χ0n) is 39.3. The number of carbonyl (C=O) groups is 4. The topological polar surface area (TPSA) is 168 Å². The van der Waals surface area contributed by atoms with Crippen LogP contribution in [0.4, 0.5) is 10.1 Å². The number of rotatable bonds is 13. The average molecular weight is 941 g/mol. The molecule has 5 aromatic rings. The van der Waals surface area contributed by atoms with Crippen molar-refractivity contribution in [2.45, 2.75) is 32.6 Å². The van der Waals surface area contributed by atoms with E-state index in [1.165, 1.54) is 11.6 Å². The first-order valence-corrected chi connectivity index (χ1v) is 24.3. The van der Waals surface area contributed by atoms with Gasteiger partial charge in [0.05, 0.1) is 48.6 Å². The highest BCUT2D eigenvalue weighted by Crippen LogP contribution is 2.28. The lowest BCUT2D eigenvalue weighted by Crippen LogP contribution is -2.55. The molecule has 0 radical (unpaired) electrons. The molecule has 0 spiro atoms. The predicted octanol–water partition coefficient (Wildman–Crippen LogP) is 4.00. The molecule has 0 aliphatic carbocycles. The molecule has 4 aliphatic heterocycles. The van der Waals surface area contributed by atoms with Crippen LogP contribution in [0.1, 0.15) is 57.4 Å². The maximum Gasteiger partial charge on any atom is 0.274 e. The SMILES string of the molecule is CCc1cccc(-c2cnc(C(=O)N3CCC(CN4CCN(CC(=O)N5CCN(C(=O)c6cc(Cc7n[nH]c(=O)c8ccccc78)ccc6F)CC5)CC4)CC3)c(NC(=O)CN3CCOCC3)c2)c1. The van der Waals surface area contributed by atoms with E-state index >= 15 is 4.39 Å². The van der Waals surface area contributed by atoms with Gasteiger partial charge >= 0.3 is 0 Å². The zero-order chi connectivity index (χ0) is 47.9. The van der Waals surface area contributed by atoms with Crippen molar-refractivity contribution in [2.75, 3.05) is 117 Å². The molecule has 4 aliphatic rings. The number of carbonyl (C=O) groups excluding carboxylic acids is 4. The van der Waals surface area contributed by atoms with Gasteiger partial charge in [0.2, 0.25) is 11.8 Å². The number of amides is 4. The van der Waals surface area contributed by atoms with E-state index in [2.05, 4.69) is 54.3 Å². The number of aryl methyl sites for hydroxylation is 1. The number of aromatic nitrogens is 3. The van der Waals surface area contributed by atoms with Gasteiger partial charge in [-0.1, -0.05) is 55.5 Å². The lowest BCUT2D eigenvalue weighted by molar-refractivity contribution is -0.134. The Morgan fingerprint density at radius 1 is 0.710 bits per heavy atom. The smallest absolute Gasteiger partial charge is 0.274 e. The van der Waals surface area contributed by atoms with Crippen molar-refractivity contribution in [1.29, 1.82) is 0 Å². The number of pyridine rings is 1. The van der Waals surface area contributed by atoms with Crippen molar-refractivity contribution in [1.82, 2.24) is 44.6 Å². The second kappa shape index (κ2) is 21.9. The maximum atomic E-state index is 15.1. The molecule has 0 unspecified atom stereocenters. The van der Waals surface area contributed by atoms with E-state index in [0.717, 1.165) is 63.1 Å². The van der Waals surface area contributed by atoms with E-state index in [-0.39, 0.29) is 41.1 Å². The number of halogens is 1. The normalized spacial score (nSPS) is 17.9. The first-order chi connectivity index (χ1) is 33.6. The molecule has 17 heteroatoms. The standard InChI is InChI=1S/C52H61FN10O6/c1-2-36-6-5-7-39(28-36)40-31-46(55-47(64)34-60-24-26-69-27-25-60)49(54-32-40)52(68)62-14-12-37(13-15-62)33-58-16-18-59(19-17-58)35-48(65)61-20-22-63(23-21-61)51(67)43-29-38(10-11-44(43)53)30-45-41-8-3-4-9-42(41)50(66)57-56-45/h3-11,28-29,31-32,37H,2,12-27,30,33-35H2,1H3,(H,55,64)(H,57,66). The van der Waals surface area contributed by atoms with Crippen LogP contribution in [0.3, 0.4) is 0 Å². The summed E-state index contributed by atoms with van der Waals surface area (Å²) in [6.07, 6.45) is 4.66. The molecule has 16 nitrogen and oxygen atoms in total. The minimum Gasteiger partial charge on any atom is -0.379 e. The van der Waals surface area contributed by atoms with E-state index in [1.54, 1.807) is 40.3 Å². The van der Waals surface area contributed by atoms with Gasteiger partial charge in [0.15, 0.2) is 5.69 Å². The van der Waals surface area contributed by atoms with Crippen LogP contribution in [0.25, 0.3) is 21.9 Å². The Morgan fingerprint density at radius 2 is 1.41 bits per heavy atom. The van der Waals surface area contributed by atoms with Crippen LogP contribution < -0.4 is 10.9 Å². The minimum atomic E-state index is -0.609. The molecule has 4 fully saturated rings. The van der Waals surface area contributed by atoms with Crippen molar-refractivity contribution in [3.8, 4) is 11.1 Å². The van der Waals surface area contributed by atoms with E-state index in [1.807, 2.05) is 35.2 Å². The largest absolute Gasteiger partial charge is 0.379 e. The number of benzene rings is 3. The van der Waals surface area contributed by atoms with Gasteiger partial charge in [-0.05, 0) is 66.1 Å². The Kier molecular flexibility index (Phi) is 15.1. The fourth-order valence-electron chi connectivity index (χ4n) is 9.94. The Balaban J connectivity index is 0.722. The van der Waals surface area contributed by atoms with Crippen LogP contribution >= 0.6 is 0 Å². The van der Waals surface area contributed by atoms with Crippen molar-refractivity contribution >= 4 is 40.1 Å². The highest BCUT2D eigenvalue weighted by atomic mass is 19.1. The van der Waals surface area contributed by atoms with Crippen LogP contribution in [0.2, 0.25) is 0 Å². The number of nitrogens with one attached hydrogen (secondary N) is 2. The van der Waals surface area contributed by atoms with Crippen LogP contribution in [-0.2, 0) is 27.2 Å². The molecule has 2 N–H and O–H groups in total. The number of morpholine rings is 1. The molecular weight excluding hydrogens is 880 g/mol. The third-order valence-corrected chi connectivity index (χ3v) is 14.1. The molecule has 0 atom stereocenters. The summed E-state index contributed by atoms with van der Waals surface area (Å²) in [4.78, 5) is 83.4. The molecule has 0 bridgehead atoms. The summed E-state index contributed by atoms with van der Waals surface area (Å²) in [5.74, 6) is -0.937. The third kappa shape index (κ3) is 11.6. The summed E-state index contributed by atoms with van der Waals surface area (Å²) < 4.78 is 20.6. The van der Waals surface area contributed by atoms with Gasteiger partial charge in [-0.3, -0.25) is 33.8 Å². The number of nitrogens with zero attached hydrogens (tertiary/aromatic N) is 8. The van der Waals surface area contributed by atoms with Gasteiger partial charge in [-0.15, -0.1) is 0 Å². The molecule has 69 heavy (non-hydrogen) atoms. The number of anilines is 1. The molecule has 2 aromatic heterocycles. The Hall–Kier alpha value is -6.40. The number of piperidine rings is 1. The monoisotopic (exact) mass is 940 g/mol. The van der Waals surface area contributed by atoms with Crippen LogP contribution in [0, 0.1) is 11.7 Å². The van der Waals surface area contributed by atoms with Gasteiger partial charge in [0.25, 0.3) is 17.4 Å². The molecule has 4 amide bonds. The van der Waals surface area contributed by atoms with Gasteiger partial charge in [0.1, 0.15) is 5.82 Å². The number of hydrogen-bond acceptors (Lipinski definition) is 11. The number of H-pyrrole nitrogens is 1. The summed E-state index contributed by atoms with van der Waals surface area (Å²) in [7, 11) is 0. The lowest BCUT2D eigenvalue weighted by atomic mass is 9.95. The predicted molar refractivity (Wildman–Crippen MR) is 261 cm³/mol. The van der Waals surface area contributed by atoms with E-state index in [4.69, 9.17) is 4.74 Å². The Labute approximate surface area is 401 Å². The van der Waals surface area contributed by atoms with Crippen LogP contribution in [-0.4, -0.2) is 180 Å². The van der Waals surface area contributed by atoms with Crippen molar-refractivity contribution in [3.05, 3.63) is 123 Å². The number of aromatic amines is 1. The number of fused-ring (bicyclic) bond motifs is 1. The molecule has 6 heterocycles. The fourth-order valence-corrected chi connectivity index (χ4v) is 9.94. The van der Waals surface area contributed by atoms with Gasteiger partial charge < -0.3 is 29.7 Å². The van der Waals surface area contributed by atoms with Crippen molar-refractivity contribution < 1.29 is 28.3 Å². The average Bonchev–Trinajstić information content (AvgIpc) is 3.38. The number of ether oxygens (including phenoxy) is 1. The number of hydrogen-bond donors (Lipinski definition) is 2. The third-order valence-electron chi connectivity index (χ3n) is 14.1. The van der Waals surface area contributed by atoms with E-state index < -0.39 is 11.7 Å². The zero-order valence-corrected chi connectivity index (χ0v) is 39.3. The maximum absolute atomic E-state index is 15.1. The molecule has 3 aromatic carbocycles. The first kappa shape index (κ1) is 47.7. The summed E-state index contributed by atoms with van der Waals surface area (Å²) in [6, 6.07) is 21.7. The van der Waals surface area contributed by atoms with Gasteiger partial charge in [-0.25, -0.2) is 14.5 Å². The second-order valence-electron chi connectivity index (χ2n) is 18.6. The summed E-state index contributed by atoms with van der Waals surface area (Å²) in [5.41, 5.74) is 4.70. The quantitative estimate of drug-likeness (QED) is 0.175. The highest BCUT2D eigenvalue weighted by Gasteiger charge is 2.31. The molecular formula is C52H61FN10O6. The summed E-state index contributed by atoms with van der Waals surface area (Å²) >= 11 is 0. The molecule has 4 saturated heterocycles. The number of likely N-dealkylation sites (tertiary alicyclic amines) is 1. The Morgan fingerprint density at radius 3 is 2.16 bits per heavy atom. The fraction of sp³-hybridized carbons (Fsp3) is 0.442. The Bertz CT molecular complexity index is 2720. The number of piperazine rings is 2.